The number of halogens is 6. The highest BCUT2D eigenvalue weighted by Crippen LogP contribution is 2.42. The average molecular weight is 572 g/mol. The molecule has 3 aromatic rings. The van der Waals surface area contributed by atoms with Crippen molar-refractivity contribution in [3.05, 3.63) is 63.6 Å². The first-order valence-corrected chi connectivity index (χ1v) is 11.8. The maximum atomic E-state index is 13.9. The Morgan fingerprint density at radius 2 is 1.60 bits per heavy atom. The molecule has 0 N–H and O–H groups in total. The molecule has 1 aliphatic heterocycles. The molecule has 0 aliphatic carbocycles. The van der Waals surface area contributed by atoms with Crippen LogP contribution in [0.15, 0.2) is 41.2 Å². The molecule has 4 rings (SSSR count). The number of aromatic nitrogens is 2. The van der Waals surface area contributed by atoms with Crippen molar-refractivity contribution in [2.75, 3.05) is 18.1 Å². The Bertz CT molecular complexity index is 1570. The van der Waals surface area contributed by atoms with E-state index >= 15 is 0 Å². The van der Waals surface area contributed by atoms with Gasteiger partial charge in [0.2, 0.25) is 5.91 Å². The van der Waals surface area contributed by atoms with Crippen LogP contribution >= 0.6 is 0 Å². The molecule has 1 fully saturated rings. The molecule has 2 aromatic carbocycles. The Kier molecular flexibility index (Phi) is 7.19. The summed E-state index contributed by atoms with van der Waals surface area (Å²) < 4.78 is 89.5. The van der Waals surface area contributed by atoms with E-state index in [1.807, 2.05) is 0 Å². The van der Waals surface area contributed by atoms with Crippen molar-refractivity contribution >= 4 is 34.6 Å². The van der Waals surface area contributed by atoms with Crippen LogP contribution in [0.5, 0.6) is 0 Å². The number of hydrogen-bond acceptors (Lipinski definition) is 5. The van der Waals surface area contributed by atoms with Crippen molar-refractivity contribution in [3.63, 3.8) is 0 Å². The third-order valence-electron chi connectivity index (χ3n) is 6.60. The molecule has 0 saturated carbocycles. The number of nitrogens with zero attached hydrogens (tertiary/aromatic N) is 4. The summed E-state index contributed by atoms with van der Waals surface area (Å²) >= 11 is 0. The number of aryl methyl sites for hydroxylation is 2. The SMILES string of the molecule is CCOC(=O)C1CN(c2ccc3c(c2)n(C)c(=O)n3C)C(=O)N(Cc2cccc(C(F)(F)F)c2C(F)(F)F)C1=O. The first kappa shape index (κ1) is 28.7. The molecule has 15 heteroatoms. The molecule has 2 heterocycles. The topological polar surface area (TPSA) is 93.8 Å². The highest BCUT2D eigenvalue weighted by atomic mass is 19.4. The maximum Gasteiger partial charge on any atom is 0.417 e. The van der Waals surface area contributed by atoms with E-state index in [0.29, 0.717) is 15.9 Å². The number of imidazole rings is 1. The van der Waals surface area contributed by atoms with E-state index in [4.69, 9.17) is 4.74 Å². The smallest absolute Gasteiger partial charge is 0.417 e. The van der Waals surface area contributed by atoms with Crippen LogP contribution in [0.3, 0.4) is 0 Å². The van der Waals surface area contributed by atoms with E-state index in [9.17, 15) is 45.5 Å². The number of benzene rings is 2. The molecule has 214 valence electrons. The van der Waals surface area contributed by atoms with Crippen LogP contribution in [0, 0.1) is 5.92 Å². The molecular formula is C25H22F6N4O5. The predicted molar refractivity (Wildman–Crippen MR) is 128 cm³/mol. The van der Waals surface area contributed by atoms with E-state index in [0.717, 1.165) is 17.0 Å². The number of hydrogen-bond donors (Lipinski definition) is 0. The molecule has 1 atom stereocenters. The van der Waals surface area contributed by atoms with E-state index in [2.05, 4.69) is 0 Å². The molecule has 40 heavy (non-hydrogen) atoms. The molecule has 0 radical (unpaired) electrons. The van der Waals surface area contributed by atoms with E-state index in [1.165, 1.54) is 48.4 Å². The van der Waals surface area contributed by atoms with E-state index in [1.54, 1.807) is 0 Å². The van der Waals surface area contributed by atoms with Crippen LogP contribution in [0.4, 0.5) is 36.8 Å². The average Bonchev–Trinajstić information content (AvgIpc) is 3.08. The molecule has 0 spiro atoms. The van der Waals surface area contributed by atoms with Crippen LogP contribution in [-0.2, 0) is 47.3 Å². The van der Waals surface area contributed by atoms with E-state index in [-0.39, 0.29) is 24.1 Å². The first-order valence-electron chi connectivity index (χ1n) is 11.8. The lowest BCUT2D eigenvalue weighted by atomic mass is 9.98. The van der Waals surface area contributed by atoms with Gasteiger partial charge in [0, 0.05) is 19.8 Å². The van der Waals surface area contributed by atoms with E-state index < -0.39 is 66.0 Å². The third-order valence-corrected chi connectivity index (χ3v) is 6.60. The standard InChI is InChI=1S/C25H22F6N4O5/c1-4-40-21(37)15-12-34(14-8-9-17-18(10-14)33(3)22(38)32(17)2)23(39)35(20(15)36)11-13-6-5-7-16(24(26,27)28)19(13)25(29,30)31/h5-10,15H,4,11-12H2,1-3H3. The van der Waals surface area contributed by atoms with Gasteiger partial charge in [-0.15, -0.1) is 0 Å². The minimum Gasteiger partial charge on any atom is -0.465 e. The first-order chi connectivity index (χ1) is 18.6. The summed E-state index contributed by atoms with van der Waals surface area (Å²) in [6.45, 7) is -0.447. The second-order valence-electron chi connectivity index (χ2n) is 9.03. The Hall–Kier alpha value is -4.30. The van der Waals surface area contributed by atoms with Crippen molar-refractivity contribution < 1.29 is 45.5 Å². The summed E-state index contributed by atoms with van der Waals surface area (Å²) in [5.41, 5.74) is -4.47. The highest BCUT2D eigenvalue weighted by Gasteiger charge is 2.48. The maximum absolute atomic E-state index is 13.9. The second kappa shape index (κ2) is 10.0. The Balaban J connectivity index is 1.84. The number of amides is 3. The summed E-state index contributed by atoms with van der Waals surface area (Å²) in [4.78, 5) is 52.9. The fourth-order valence-corrected chi connectivity index (χ4v) is 4.68. The molecule has 3 amide bonds. The number of rotatable bonds is 5. The van der Waals surface area contributed by atoms with Gasteiger partial charge < -0.3 is 4.74 Å². The number of anilines is 1. The number of esters is 1. The highest BCUT2D eigenvalue weighted by molar-refractivity contribution is 6.12. The van der Waals surface area contributed by atoms with Crippen LogP contribution in [0.1, 0.15) is 23.6 Å². The van der Waals surface area contributed by atoms with Crippen LogP contribution in [0.25, 0.3) is 11.0 Å². The van der Waals surface area contributed by atoms with Gasteiger partial charge >= 0.3 is 30.0 Å². The van der Waals surface area contributed by atoms with Gasteiger partial charge in [-0.1, -0.05) is 12.1 Å². The number of alkyl halides is 6. The summed E-state index contributed by atoms with van der Waals surface area (Å²) in [7, 11) is 2.98. The molecule has 1 aromatic heterocycles. The number of imide groups is 1. The van der Waals surface area contributed by atoms with Gasteiger partial charge in [-0.25, -0.2) is 9.59 Å². The molecule has 1 aliphatic rings. The van der Waals surface area contributed by atoms with Crippen LogP contribution < -0.4 is 10.6 Å². The van der Waals surface area contributed by atoms with Crippen molar-refractivity contribution in [2.24, 2.45) is 20.0 Å². The number of fused-ring (bicyclic) bond motifs is 1. The lowest BCUT2D eigenvalue weighted by Crippen LogP contribution is -2.58. The lowest BCUT2D eigenvalue weighted by Gasteiger charge is -2.38. The van der Waals surface area contributed by atoms with Gasteiger partial charge in [-0.05, 0) is 36.8 Å². The number of carbonyl (C=O) groups excluding carboxylic acids is 3. The lowest BCUT2D eigenvalue weighted by molar-refractivity contribution is -0.162. The van der Waals surface area contributed by atoms with Gasteiger partial charge in [0.15, 0.2) is 5.92 Å². The molecule has 0 bridgehead atoms. The molecule has 1 unspecified atom stereocenters. The number of ether oxygens (including phenoxy) is 1. The van der Waals surface area contributed by atoms with Gasteiger partial charge in [0.1, 0.15) is 0 Å². The third kappa shape index (κ3) is 4.91. The number of carbonyl (C=O) groups is 3. The Morgan fingerprint density at radius 1 is 0.950 bits per heavy atom. The summed E-state index contributed by atoms with van der Waals surface area (Å²) in [6.07, 6.45) is -10.9. The zero-order valence-electron chi connectivity index (χ0n) is 21.3. The quantitative estimate of drug-likeness (QED) is 0.261. The summed E-state index contributed by atoms with van der Waals surface area (Å²) in [5, 5.41) is 0. The Labute approximate surface area is 222 Å². The van der Waals surface area contributed by atoms with Crippen LogP contribution in [-0.4, -0.2) is 45.1 Å². The van der Waals surface area contributed by atoms with Gasteiger partial charge in [-0.3, -0.25) is 28.5 Å². The Morgan fingerprint density at radius 3 is 2.20 bits per heavy atom. The van der Waals surface area contributed by atoms with Gasteiger partial charge in [0.25, 0.3) is 0 Å². The van der Waals surface area contributed by atoms with Crippen LogP contribution in [0.2, 0.25) is 0 Å². The minimum absolute atomic E-state index is 0.0885. The monoisotopic (exact) mass is 572 g/mol. The summed E-state index contributed by atoms with van der Waals surface area (Å²) in [5.74, 6) is -3.96. The molecule has 1 saturated heterocycles. The van der Waals surface area contributed by atoms with Gasteiger partial charge in [-0.2, -0.15) is 26.3 Å². The molecule has 9 nitrogen and oxygen atoms in total. The van der Waals surface area contributed by atoms with Crippen molar-refractivity contribution in [1.82, 2.24) is 14.0 Å². The largest absolute Gasteiger partial charge is 0.465 e. The van der Waals surface area contributed by atoms with Crippen molar-refractivity contribution in [1.29, 1.82) is 0 Å². The normalized spacial score (nSPS) is 16.7. The zero-order chi connectivity index (χ0) is 29.7. The second-order valence-corrected chi connectivity index (χ2v) is 9.03. The molecular weight excluding hydrogens is 550 g/mol. The van der Waals surface area contributed by atoms with Gasteiger partial charge in [0.05, 0.1) is 41.9 Å². The fourth-order valence-electron chi connectivity index (χ4n) is 4.68. The predicted octanol–water partition coefficient (Wildman–Crippen LogP) is 4.06. The zero-order valence-corrected chi connectivity index (χ0v) is 21.3. The van der Waals surface area contributed by atoms with Crippen molar-refractivity contribution in [3.8, 4) is 0 Å². The van der Waals surface area contributed by atoms with Crippen molar-refractivity contribution in [2.45, 2.75) is 25.8 Å². The summed E-state index contributed by atoms with van der Waals surface area (Å²) in [6, 6.07) is 4.85. The number of urea groups is 1. The minimum atomic E-state index is -5.48. The fraction of sp³-hybridized carbons (Fsp3) is 0.360.